The van der Waals surface area contributed by atoms with Crippen LogP contribution in [0.15, 0.2) is 0 Å². The average molecular weight is 259 g/mol. The van der Waals surface area contributed by atoms with E-state index in [0.29, 0.717) is 19.6 Å². The fourth-order valence-electron chi connectivity index (χ4n) is 1.32. The lowest BCUT2D eigenvalue weighted by atomic mass is 10.2. The average Bonchev–Trinajstić information content (AvgIpc) is 2.35. The van der Waals surface area contributed by atoms with Crippen LogP contribution >= 0.6 is 0 Å². The van der Waals surface area contributed by atoms with Crippen LogP contribution in [0.3, 0.4) is 0 Å². The monoisotopic (exact) mass is 259 g/mol. The van der Waals surface area contributed by atoms with Gasteiger partial charge in [-0.2, -0.15) is 0 Å². The zero-order valence-electron chi connectivity index (χ0n) is 11.2. The van der Waals surface area contributed by atoms with E-state index < -0.39 is 0 Å². The van der Waals surface area contributed by atoms with Gasteiger partial charge in [0.05, 0.1) is 20.1 Å². The second-order valence-electron chi connectivity index (χ2n) is 3.80. The minimum atomic E-state index is -0.367. The van der Waals surface area contributed by atoms with Crippen molar-refractivity contribution in [2.75, 3.05) is 27.3 Å². The van der Waals surface area contributed by atoms with Crippen molar-refractivity contribution in [3.63, 3.8) is 0 Å². The molecule has 0 rings (SSSR count). The van der Waals surface area contributed by atoms with Crippen LogP contribution in [0.5, 0.6) is 0 Å². The Balaban J connectivity index is 3.76. The third kappa shape index (κ3) is 7.65. The molecule has 0 atom stereocenters. The Hall–Kier alpha value is -1.59. The van der Waals surface area contributed by atoms with E-state index in [1.165, 1.54) is 12.0 Å². The molecule has 18 heavy (non-hydrogen) atoms. The van der Waals surface area contributed by atoms with E-state index in [1.54, 1.807) is 14.0 Å². The van der Waals surface area contributed by atoms with E-state index in [2.05, 4.69) is 4.74 Å². The lowest BCUT2D eigenvalue weighted by Crippen LogP contribution is -2.28. The van der Waals surface area contributed by atoms with E-state index >= 15 is 0 Å². The number of methoxy groups -OCH3 is 1. The van der Waals surface area contributed by atoms with E-state index in [1.807, 2.05) is 0 Å². The van der Waals surface area contributed by atoms with Crippen molar-refractivity contribution in [1.82, 2.24) is 4.90 Å². The summed E-state index contributed by atoms with van der Waals surface area (Å²) in [4.78, 5) is 35.0. The maximum Gasteiger partial charge on any atom is 0.306 e. The van der Waals surface area contributed by atoms with Crippen molar-refractivity contribution < 1.29 is 23.9 Å². The van der Waals surface area contributed by atoms with Crippen molar-refractivity contribution in [1.29, 1.82) is 0 Å². The van der Waals surface area contributed by atoms with Crippen LogP contribution in [-0.4, -0.2) is 50.1 Å². The Labute approximate surface area is 107 Å². The van der Waals surface area contributed by atoms with Crippen molar-refractivity contribution in [2.24, 2.45) is 0 Å². The van der Waals surface area contributed by atoms with Crippen LogP contribution in [0.1, 0.15) is 32.6 Å². The number of carbonyl (C=O) groups is 3. The van der Waals surface area contributed by atoms with Crippen LogP contribution in [-0.2, 0) is 23.9 Å². The summed E-state index contributed by atoms with van der Waals surface area (Å²) >= 11 is 0. The first-order valence-electron chi connectivity index (χ1n) is 5.97. The molecule has 0 aromatic carbocycles. The molecule has 6 heteroatoms. The molecule has 6 nitrogen and oxygen atoms in total. The Bertz CT molecular complexity index is 290. The van der Waals surface area contributed by atoms with Gasteiger partial charge in [-0.1, -0.05) is 0 Å². The van der Waals surface area contributed by atoms with Crippen molar-refractivity contribution in [3.8, 4) is 0 Å². The van der Waals surface area contributed by atoms with Crippen molar-refractivity contribution >= 4 is 17.8 Å². The normalized spacial score (nSPS) is 9.72. The van der Waals surface area contributed by atoms with Gasteiger partial charge in [-0.3, -0.25) is 14.4 Å². The van der Waals surface area contributed by atoms with Gasteiger partial charge in [0.2, 0.25) is 5.91 Å². The van der Waals surface area contributed by atoms with E-state index in [4.69, 9.17) is 4.74 Å². The number of ether oxygens (including phenoxy) is 2. The molecule has 0 aromatic rings. The maximum absolute atomic E-state index is 11.6. The van der Waals surface area contributed by atoms with E-state index in [9.17, 15) is 14.4 Å². The second kappa shape index (κ2) is 9.44. The van der Waals surface area contributed by atoms with Gasteiger partial charge in [-0.05, 0) is 13.3 Å². The molecule has 0 aromatic heterocycles. The van der Waals surface area contributed by atoms with Gasteiger partial charge in [0.15, 0.2) is 0 Å². The molecule has 0 fully saturated rings. The van der Waals surface area contributed by atoms with Crippen LogP contribution in [0.25, 0.3) is 0 Å². The lowest BCUT2D eigenvalue weighted by Gasteiger charge is -2.16. The number of hydrogen-bond donors (Lipinski definition) is 0. The quantitative estimate of drug-likeness (QED) is 0.601. The molecule has 0 saturated heterocycles. The highest BCUT2D eigenvalue weighted by Crippen LogP contribution is 2.01. The molecule has 0 heterocycles. The van der Waals surface area contributed by atoms with Gasteiger partial charge in [0.25, 0.3) is 0 Å². The fraction of sp³-hybridized carbons (Fsp3) is 0.750. The molecule has 0 aliphatic carbocycles. The van der Waals surface area contributed by atoms with Crippen LogP contribution < -0.4 is 0 Å². The molecule has 0 unspecified atom stereocenters. The number of rotatable bonds is 8. The lowest BCUT2D eigenvalue weighted by molar-refractivity contribution is -0.145. The fourth-order valence-corrected chi connectivity index (χ4v) is 1.32. The molecule has 1 amide bonds. The molecule has 0 aliphatic rings. The zero-order valence-corrected chi connectivity index (χ0v) is 11.2. The smallest absolute Gasteiger partial charge is 0.306 e. The van der Waals surface area contributed by atoms with E-state index in [-0.39, 0.29) is 37.1 Å². The van der Waals surface area contributed by atoms with Gasteiger partial charge < -0.3 is 14.4 Å². The summed E-state index contributed by atoms with van der Waals surface area (Å²) in [6.07, 6.45) is 1.06. The SMILES string of the molecule is CCOC(=O)CCC(=O)N(C)CCCC(=O)OC. The topological polar surface area (TPSA) is 72.9 Å². The first-order valence-corrected chi connectivity index (χ1v) is 5.97. The van der Waals surface area contributed by atoms with Gasteiger partial charge in [-0.15, -0.1) is 0 Å². The van der Waals surface area contributed by atoms with Crippen molar-refractivity contribution in [3.05, 3.63) is 0 Å². The van der Waals surface area contributed by atoms with Gasteiger partial charge in [-0.25, -0.2) is 0 Å². The number of esters is 2. The Morgan fingerprint density at radius 3 is 2.28 bits per heavy atom. The van der Waals surface area contributed by atoms with E-state index in [0.717, 1.165) is 0 Å². The largest absolute Gasteiger partial charge is 0.469 e. The number of hydrogen-bond acceptors (Lipinski definition) is 5. The minimum absolute atomic E-state index is 0.0913. The summed E-state index contributed by atoms with van der Waals surface area (Å²) < 4.78 is 9.22. The molecule has 0 saturated carbocycles. The molecular formula is C12H21NO5. The molecule has 0 aliphatic heterocycles. The number of nitrogens with zero attached hydrogens (tertiary/aromatic N) is 1. The van der Waals surface area contributed by atoms with Crippen LogP contribution in [0.4, 0.5) is 0 Å². The predicted molar refractivity (Wildman–Crippen MR) is 64.8 cm³/mol. The van der Waals surface area contributed by atoms with Gasteiger partial charge in [0, 0.05) is 26.4 Å². The standard InChI is InChI=1S/C12H21NO5/c1-4-18-12(16)8-7-10(14)13(2)9-5-6-11(15)17-3/h4-9H2,1-3H3. The second-order valence-corrected chi connectivity index (χ2v) is 3.80. The Kier molecular flexibility index (Phi) is 8.61. The maximum atomic E-state index is 11.6. The first kappa shape index (κ1) is 16.4. The van der Waals surface area contributed by atoms with Crippen molar-refractivity contribution in [2.45, 2.75) is 32.6 Å². The van der Waals surface area contributed by atoms with Crippen LogP contribution in [0, 0.1) is 0 Å². The highest BCUT2D eigenvalue weighted by Gasteiger charge is 2.12. The predicted octanol–water partition coefficient (Wildman–Crippen LogP) is 0.741. The summed E-state index contributed by atoms with van der Waals surface area (Å²) in [6, 6.07) is 0. The Morgan fingerprint density at radius 2 is 1.72 bits per heavy atom. The third-order valence-electron chi connectivity index (χ3n) is 2.38. The molecule has 104 valence electrons. The zero-order chi connectivity index (χ0) is 14.0. The molecular weight excluding hydrogens is 238 g/mol. The summed E-state index contributed by atoms with van der Waals surface area (Å²) in [7, 11) is 2.97. The summed E-state index contributed by atoms with van der Waals surface area (Å²) in [5.41, 5.74) is 0. The van der Waals surface area contributed by atoms with Gasteiger partial charge >= 0.3 is 11.9 Å². The molecule has 0 radical (unpaired) electrons. The summed E-state index contributed by atoms with van der Waals surface area (Å²) in [6.45, 7) is 2.51. The highest BCUT2D eigenvalue weighted by molar-refractivity contribution is 5.81. The molecule has 0 spiro atoms. The van der Waals surface area contributed by atoms with Gasteiger partial charge in [0.1, 0.15) is 0 Å². The summed E-state index contributed by atoms with van der Waals surface area (Å²) in [5.74, 6) is -0.788. The minimum Gasteiger partial charge on any atom is -0.469 e. The highest BCUT2D eigenvalue weighted by atomic mass is 16.5. The number of carbonyl (C=O) groups excluding carboxylic acids is 3. The molecule has 0 bridgehead atoms. The van der Waals surface area contributed by atoms with Crippen LogP contribution in [0.2, 0.25) is 0 Å². The molecule has 0 N–H and O–H groups in total. The Morgan fingerprint density at radius 1 is 1.06 bits per heavy atom. The first-order chi connectivity index (χ1) is 8.51. The number of amides is 1. The summed E-state index contributed by atoms with van der Waals surface area (Å²) in [5, 5.41) is 0. The third-order valence-corrected chi connectivity index (χ3v) is 2.38.